The minimum absolute atomic E-state index is 0.0625. The average Bonchev–Trinajstić information content (AvgIpc) is 2.73. The number of aryl methyl sites for hydroxylation is 3. The Labute approximate surface area is 146 Å². The van der Waals surface area contributed by atoms with Crippen molar-refractivity contribution in [2.45, 2.75) is 46.1 Å². The largest absolute Gasteiger partial charge is 0.353 e. The zero-order valence-electron chi connectivity index (χ0n) is 14.2. The second kappa shape index (κ2) is 7.77. The van der Waals surface area contributed by atoms with E-state index in [2.05, 4.69) is 45.4 Å². The molecule has 0 aliphatic rings. The van der Waals surface area contributed by atoms with E-state index in [1.807, 2.05) is 37.7 Å². The number of halogens is 1. The molecule has 0 unspecified atom stereocenters. The van der Waals surface area contributed by atoms with E-state index < -0.39 is 0 Å². The molecular formula is C18H24BrN3O. The normalized spacial score (nSPS) is 12.2. The number of aromatic nitrogens is 2. The first-order valence-electron chi connectivity index (χ1n) is 7.89. The van der Waals surface area contributed by atoms with Crippen LogP contribution in [0.1, 0.15) is 35.9 Å². The lowest BCUT2D eigenvalue weighted by Gasteiger charge is -2.14. The molecule has 0 radical (unpaired) electrons. The number of hydrogen-bond donors (Lipinski definition) is 1. The second-order valence-corrected chi connectivity index (χ2v) is 7.00. The smallest absolute Gasteiger partial charge is 0.224 e. The fourth-order valence-corrected chi connectivity index (χ4v) is 2.93. The second-order valence-electron chi connectivity index (χ2n) is 6.08. The van der Waals surface area contributed by atoms with Crippen LogP contribution in [0.25, 0.3) is 0 Å². The van der Waals surface area contributed by atoms with Crippen molar-refractivity contribution < 1.29 is 4.79 Å². The summed E-state index contributed by atoms with van der Waals surface area (Å²) in [4.78, 5) is 12.2. The Balaban J connectivity index is 1.83. The van der Waals surface area contributed by atoms with Crippen LogP contribution in [-0.4, -0.2) is 21.7 Å². The van der Waals surface area contributed by atoms with E-state index in [0.29, 0.717) is 6.42 Å². The maximum absolute atomic E-state index is 12.2. The van der Waals surface area contributed by atoms with E-state index in [1.165, 1.54) is 5.56 Å². The highest BCUT2D eigenvalue weighted by Crippen LogP contribution is 2.14. The summed E-state index contributed by atoms with van der Waals surface area (Å²) in [5.41, 5.74) is 4.31. The first-order chi connectivity index (χ1) is 10.9. The van der Waals surface area contributed by atoms with Gasteiger partial charge in [-0.2, -0.15) is 5.10 Å². The van der Waals surface area contributed by atoms with Gasteiger partial charge in [0, 0.05) is 28.8 Å². The Hall–Kier alpha value is -1.62. The summed E-state index contributed by atoms with van der Waals surface area (Å²) in [6.45, 7) is 6.01. The first kappa shape index (κ1) is 17.7. The maximum atomic E-state index is 12.2. The van der Waals surface area contributed by atoms with Crippen molar-refractivity contribution in [3.8, 4) is 0 Å². The number of benzene rings is 1. The average molecular weight is 378 g/mol. The fourth-order valence-electron chi connectivity index (χ4n) is 2.67. The van der Waals surface area contributed by atoms with Crippen molar-refractivity contribution in [2.75, 3.05) is 0 Å². The van der Waals surface area contributed by atoms with Crippen LogP contribution in [0, 0.1) is 13.8 Å². The molecule has 0 saturated carbocycles. The molecule has 0 saturated heterocycles. The van der Waals surface area contributed by atoms with E-state index in [4.69, 9.17) is 0 Å². The van der Waals surface area contributed by atoms with Gasteiger partial charge in [-0.25, -0.2) is 0 Å². The quantitative estimate of drug-likeness (QED) is 0.837. The summed E-state index contributed by atoms with van der Waals surface area (Å²) < 4.78 is 2.92. The van der Waals surface area contributed by atoms with Crippen molar-refractivity contribution in [3.63, 3.8) is 0 Å². The minimum Gasteiger partial charge on any atom is -0.353 e. The van der Waals surface area contributed by atoms with E-state index in [1.54, 1.807) is 0 Å². The molecule has 0 aliphatic carbocycles. The number of amides is 1. The Morgan fingerprint density at radius 1 is 1.30 bits per heavy atom. The summed E-state index contributed by atoms with van der Waals surface area (Å²) in [5, 5.41) is 7.45. The molecule has 0 spiro atoms. The number of carbonyl (C=O) groups excluding carboxylic acids is 1. The van der Waals surface area contributed by atoms with E-state index in [9.17, 15) is 4.79 Å². The highest BCUT2D eigenvalue weighted by Gasteiger charge is 2.15. The number of nitrogens with zero attached hydrogens (tertiary/aromatic N) is 2. The van der Waals surface area contributed by atoms with Gasteiger partial charge in [0.1, 0.15) is 0 Å². The molecule has 5 heteroatoms. The van der Waals surface area contributed by atoms with Crippen LogP contribution in [0.2, 0.25) is 0 Å². The first-order valence-corrected chi connectivity index (χ1v) is 8.69. The van der Waals surface area contributed by atoms with Gasteiger partial charge in [-0.3, -0.25) is 9.48 Å². The van der Waals surface area contributed by atoms with Gasteiger partial charge < -0.3 is 5.32 Å². The molecule has 4 nitrogen and oxygen atoms in total. The monoisotopic (exact) mass is 377 g/mol. The molecule has 1 aromatic carbocycles. The van der Waals surface area contributed by atoms with Crippen LogP contribution in [-0.2, 0) is 24.7 Å². The molecule has 124 valence electrons. The van der Waals surface area contributed by atoms with Crippen LogP contribution < -0.4 is 5.32 Å². The molecular weight excluding hydrogens is 354 g/mol. The molecule has 23 heavy (non-hydrogen) atoms. The minimum atomic E-state index is 0.0625. The van der Waals surface area contributed by atoms with Crippen molar-refractivity contribution in [3.05, 3.63) is 51.3 Å². The molecule has 1 heterocycles. The van der Waals surface area contributed by atoms with Gasteiger partial charge in [-0.15, -0.1) is 0 Å². The lowest BCUT2D eigenvalue weighted by atomic mass is 10.1. The summed E-state index contributed by atoms with van der Waals surface area (Å²) in [7, 11) is 1.91. The highest BCUT2D eigenvalue weighted by atomic mass is 79.9. The lowest BCUT2D eigenvalue weighted by Crippen LogP contribution is -2.34. The van der Waals surface area contributed by atoms with Crippen molar-refractivity contribution in [1.82, 2.24) is 15.1 Å². The van der Waals surface area contributed by atoms with E-state index in [0.717, 1.165) is 34.3 Å². The van der Waals surface area contributed by atoms with Crippen LogP contribution in [0.15, 0.2) is 28.7 Å². The van der Waals surface area contributed by atoms with Crippen LogP contribution in [0.3, 0.4) is 0 Å². The van der Waals surface area contributed by atoms with Gasteiger partial charge >= 0.3 is 0 Å². The molecule has 2 rings (SSSR count). The molecule has 0 aliphatic heterocycles. The predicted molar refractivity (Wildman–Crippen MR) is 96.5 cm³/mol. The SMILES string of the molecule is Cc1nn(C)c(C)c1CC(=O)N[C@@H](C)CCc1ccc(Br)cc1. The third-order valence-corrected chi connectivity index (χ3v) is 4.71. The molecule has 0 fully saturated rings. The fraction of sp³-hybridized carbons (Fsp3) is 0.444. The Morgan fingerprint density at radius 2 is 1.96 bits per heavy atom. The number of rotatable bonds is 6. The van der Waals surface area contributed by atoms with Gasteiger partial charge in [0.25, 0.3) is 0 Å². The molecule has 2 aromatic rings. The summed E-state index contributed by atoms with van der Waals surface area (Å²) in [5.74, 6) is 0.0625. The van der Waals surface area contributed by atoms with E-state index in [-0.39, 0.29) is 11.9 Å². The third kappa shape index (κ3) is 4.93. The summed E-state index contributed by atoms with van der Waals surface area (Å²) in [6.07, 6.45) is 2.28. The summed E-state index contributed by atoms with van der Waals surface area (Å²) >= 11 is 3.44. The van der Waals surface area contributed by atoms with Gasteiger partial charge in [0.15, 0.2) is 0 Å². The van der Waals surface area contributed by atoms with Crippen molar-refractivity contribution in [2.24, 2.45) is 7.05 Å². The topological polar surface area (TPSA) is 46.9 Å². The van der Waals surface area contributed by atoms with Crippen molar-refractivity contribution in [1.29, 1.82) is 0 Å². The standard InChI is InChI=1S/C18H24BrN3O/c1-12(5-6-15-7-9-16(19)10-8-15)20-18(23)11-17-13(2)21-22(4)14(17)3/h7-10,12H,5-6,11H2,1-4H3,(H,20,23)/t12-/m0/s1. The summed E-state index contributed by atoms with van der Waals surface area (Å²) in [6, 6.07) is 8.48. The number of hydrogen-bond acceptors (Lipinski definition) is 2. The van der Waals surface area contributed by atoms with Crippen LogP contribution in [0.4, 0.5) is 0 Å². The Bertz CT molecular complexity index is 676. The van der Waals surface area contributed by atoms with Gasteiger partial charge in [0.2, 0.25) is 5.91 Å². The molecule has 0 bridgehead atoms. The Kier molecular flexibility index (Phi) is 5.99. The lowest BCUT2D eigenvalue weighted by molar-refractivity contribution is -0.121. The molecule has 1 N–H and O–H groups in total. The van der Waals surface area contributed by atoms with Crippen LogP contribution >= 0.6 is 15.9 Å². The number of carbonyl (C=O) groups is 1. The molecule has 1 amide bonds. The Morgan fingerprint density at radius 3 is 2.52 bits per heavy atom. The highest BCUT2D eigenvalue weighted by molar-refractivity contribution is 9.10. The maximum Gasteiger partial charge on any atom is 0.224 e. The third-order valence-electron chi connectivity index (χ3n) is 4.18. The van der Waals surface area contributed by atoms with Gasteiger partial charge in [-0.1, -0.05) is 28.1 Å². The van der Waals surface area contributed by atoms with Gasteiger partial charge in [0.05, 0.1) is 12.1 Å². The van der Waals surface area contributed by atoms with Gasteiger partial charge in [-0.05, 0) is 51.3 Å². The van der Waals surface area contributed by atoms with Crippen molar-refractivity contribution >= 4 is 21.8 Å². The predicted octanol–water partition coefficient (Wildman–Crippen LogP) is 3.48. The number of nitrogens with one attached hydrogen (secondary N) is 1. The zero-order chi connectivity index (χ0) is 17.0. The molecule has 1 aromatic heterocycles. The zero-order valence-corrected chi connectivity index (χ0v) is 15.8. The molecule has 1 atom stereocenters. The van der Waals surface area contributed by atoms with Crippen LogP contribution in [0.5, 0.6) is 0 Å². The van der Waals surface area contributed by atoms with E-state index >= 15 is 0 Å².